The van der Waals surface area contributed by atoms with Crippen LogP contribution in [0.5, 0.6) is 0 Å². The third kappa shape index (κ3) is 3.81. The first-order chi connectivity index (χ1) is 10.1. The first-order valence-electron chi connectivity index (χ1n) is 7.12. The van der Waals surface area contributed by atoms with Crippen LogP contribution < -0.4 is 10.6 Å². The lowest BCUT2D eigenvalue weighted by Crippen LogP contribution is -2.27. The summed E-state index contributed by atoms with van der Waals surface area (Å²) in [6.45, 7) is 6.90. The van der Waals surface area contributed by atoms with Crippen LogP contribution in [0.4, 0.5) is 5.69 Å². The highest BCUT2D eigenvalue weighted by Crippen LogP contribution is 2.17. The Hall–Kier alpha value is -2.37. The summed E-state index contributed by atoms with van der Waals surface area (Å²) < 4.78 is 0. The van der Waals surface area contributed by atoms with Crippen molar-refractivity contribution in [3.8, 4) is 0 Å². The van der Waals surface area contributed by atoms with Gasteiger partial charge in [-0.3, -0.25) is 9.89 Å². The number of aromatic amines is 1. The van der Waals surface area contributed by atoms with Crippen LogP contribution in [-0.2, 0) is 0 Å². The van der Waals surface area contributed by atoms with E-state index in [2.05, 4.69) is 32.7 Å². The smallest absolute Gasteiger partial charge is 0.251 e. The third-order valence-corrected chi connectivity index (χ3v) is 3.25. The number of carbonyl (C=O) groups is 1. The van der Waals surface area contributed by atoms with Crippen LogP contribution in [0.15, 0.2) is 24.5 Å². The zero-order valence-electron chi connectivity index (χ0n) is 12.6. The first-order valence-corrected chi connectivity index (χ1v) is 7.12. The Morgan fingerprint density at radius 3 is 2.86 bits per heavy atom. The molecule has 0 aliphatic carbocycles. The molecule has 3 N–H and O–H groups in total. The topological polar surface area (TPSA) is 82.7 Å². The molecule has 0 saturated carbocycles. The maximum atomic E-state index is 12.2. The fourth-order valence-electron chi connectivity index (χ4n) is 2.03. The summed E-state index contributed by atoms with van der Waals surface area (Å²) in [5, 5.41) is 12.8. The average molecular weight is 287 g/mol. The molecule has 1 unspecified atom stereocenters. The lowest BCUT2D eigenvalue weighted by molar-refractivity contribution is 0.0938. The highest BCUT2D eigenvalue weighted by Gasteiger charge is 2.14. The van der Waals surface area contributed by atoms with Crippen molar-refractivity contribution in [3.05, 3.63) is 41.5 Å². The van der Waals surface area contributed by atoms with Gasteiger partial charge in [0.05, 0.1) is 6.04 Å². The lowest BCUT2D eigenvalue weighted by atomic mass is 10.1. The van der Waals surface area contributed by atoms with E-state index in [0.29, 0.717) is 11.4 Å². The standard InChI is InChI=1S/C15H21N5O/c1-4-7-16-13-6-5-12(8-10(13)2)15(21)19-11(3)14-17-9-18-20-14/h5-6,8-9,11,16H,4,7H2,1-3H3,(H,19,21)(H,17,18,20). The van der Waals surface area contributed by atoms with Crippen LogP contribution >= 0.6 is 0 Å². The van der Waals surface area contributed by atoms with Gasteiger partial charge in [0.2, 0.25) is 0 Å². The highest BCUT2D eigenvalue weighted by molar-refractivity contribution is 5.95. The minimum absolute atomic E-state index is 0.121. The van der Waals surface area contributed by atoms with E-state index in [4.69, 9.17) is 0 Å². The zero-order chi connectivity index (χ0) is 15.2. The van der Waals surface area contributed by atoms with Crippen LogP contribution in [0.3, 0.4) is 0 Å². The largest absolute Gasteiger partial charge is 0.385 e. The molecule has 1 aromatic heterocycles. The highest BCUT2D eigenvalue weighted by atomic mass is 16.1. The number of amides is 1. The van der Waals surface area contributed by atoms with Crippen LogP contribution in [0.25, 0.3) is 0 Å². The van der Waals surface area contributed by atoms with Crippen LogP contribution in [0, 0.1) is 6.92 Å². The molecular weight excluding hydrogens is 266 g/mol. The van der Waals surface area contributed by atoms with Crippen molar-refractivity contribution in [1.29, 1.82) is 0 Å². The van der Waals surface area contributed by atoms with Crippen molar-refractivity contribution in [1.82, 2.24) is 20.5 Å². The fraction of sp³-hybridized carbons (Fsp3) is 0.400. The molecule has 1 atom stereocenters. The van der Waals surface area contributed by atoms with Gasteiger partial charge in [-0.05, 0) is 44.0 Å². The van der Waals surface area contributed by atoms with Gasteiger partial charge in [0, 0.05) is 17.8 Å². The van der Waals surface area contributed by atoms with Crippen molar-refractivity contribution in [2.75, 3.05) is 11.9 Å². The number of nitrogens with zero attached hydrogens (tertiary/aromatic N) is 2. The van der Waals surface area contributed by atoms with Crippen molar-refractivity contribution in [2.45, 2.75) is 33.2 Å². The van der Waals surface area contributed by atoms with Gasteiger partial charge in [-0.2, -0.15) is 5.10 Å². The Bertz CT molecular complexity index is 594. The Balaban J connectivity index is 2.04. The zero-order valence-corrected chi connectivity index (χ0v) is 12.6. The number of rotatable bonds is 6. The summed E-state index contributed by atoms with van der Waals surface area (Å²) in [6, 6.07) is 5.45. The molecule has 2 aromatic rings. The molecule has 0 saturated heterocycles. The quantitative estimate of drug-likeness (QED) is 0.762. The van der Waals surface area contributed by atoms with E-state index in [9.17, 15) is 4.79 Å². The molecule has 0 aliphatic rings. The van der Waals surface area contributed by atoms with Gasteiger partial charge in [0.25, 0.3) is 5.91 Å². The second-order valence-corrected chi connectivity index (χ2v) is 5.02. The minimum Gasteiger partial charge on any atom is -0.385 e. The Morgan fingerprint density at radius 2 is 2.24 bits per heavy atom. The van der Waals surface area contributed by atoms with Crippen molar-refractivity contribution in [2.24, 2.45) is 0 Å². The van der Waals surface area contributed by atoms with Gasteiger partial charge >= 0.3 is 0 Å². The fourth-order valence-corrected chi connectivity index (χ4v) is 2.03. The molecule has 0 aliphatic heterocycles. The van der Waals surface area contributed by atoms with Gasteiger partial charge in [-0.25, -0.2) is 4.98 Å². The lowest BCUT2D eigenvalue weighted by Gasteiger charge is -2.13. The van der Waals surface area contributed by atoms with E-state index in [0.717, 1.165) is 24.2 Å². The normalized spacial score (nSPS) is 12.0. The maximum Gasteiger partial charge on any atom is 0.251 e. The Kier molecular flexibility index (Phi) is 4.92. The maximum absolute atomic E-state index is 12.2. The first kappa shape index (κ1) is 15.0. The molecule has 0 fully saturated rings. The van der Waals surface area contributed by atoms with Gasteiger partial charge in [-0.15, -0.1) is 0 Å². The van der Waals surface area contributed by atoms with Gasteiger partial charge in [0.1, 0.15) is 12.2 Å². The molecule has 112 valence electrons. The van der Waals surface area contributed by atoms with Gasteiger partial charge in [-0.1, -0.05) is 6.92 Å². The average Bonchev–Trinajstić information content (AvgIpc) is 3.00. The van der Waals surface area contributed by atoms with Crippen LogP contribution in [0.2, 0.25) is 0 Å². The number of aromatic nitrogens is 3. The molecule has 1 heterocycles. The Labute approximate surface area is 124 Å². The second kappa shape index (κ2) is 6.88. The molecule has 21 heavy (non-hydrogen) atoms. The number of nitrogens with one attached hydrogen (secondary N) is 3. The number of aryl methyl sites for hydroxylation is 1. The van der Waals surface area contributed by atoms with Crippen molar-refractivity contribution < 1.29 is 4.79 Å². The number of benzene rings is 1. The van der Waals surface area contributed by atoms with Gasteiger partial charge < -0.3 is 10.6 Å². The molecule has 2 rings (SSSR count). The summed E-state index contributed by atoms with van der Waals surface area (Å²) in [6.07, 6.45) is 2.49. The predicted octanol–water partition coefficient (Wildman–Crippen LogP) is 2.43. The van der Waals surface area contributed by atoms with E-state index in [1.165, 1.54) is 6.33 Å². The molecule has 1 aromatic carbocycles. The summed E-state index contributed by atoms with van der Waals surface area (Å²) in [5.41, 5.74) is 2.76. The molecule has 6 heteroatoms. The summed E-state index contributed by atoms with van der Waals surface area (Å²) >= 11 is 0. The number of anilines is 1. The third-order valence-electron chi connectivity index (χ3n) is 3.25. The Morgan fingerprint density at radius 1 is 1.43 bits per heavy atom. The van der Waals surface area contributed by atoms with Crippen molar-refractivity contribution >= 4 is 11.6 Å². The minimum atomic E-state index is -0.210. The molecule has 1 amide bonds. The monoisotopic (exact) mass is 287 g/mol. The van der Waals surface area contributed by atoms with E-state index in [-0.39, 0.29) is 11.9 Å². The van der Waals surface area contributed by atoms with E-state index in [1.54, 1.807) is 0 Å². The predicted molar refractivity (Wildman–Crippen MR) is 82.2 cm³/mol. The van der Waals surface area contributed by atoms with Crippen LogP contribution in [-0.4, -0.2) is 27.6 Å². The SMILES string of the molecule is CCCNc1ccc(C(=O)NC(C)c2ncn[nH]2)cc1C. The molecular formula is C15H21N5O. The summed E-state index contributed by atoms with van der Waals surface area (Å²) in [7, 11) is 0. The van der Waals surface area contributed by atoms with E-state index in [1.807, 2.05) is 32.0 Å². The number of H-pyrrole nitrogens is 1. The molecule has 0 bridgehead atoms. The van der Waals surface area contributed by atoms with E-state index >= 15 is 0 Å². The van der Waals surface area contributed by atoms with Gasteiger partial charge in [0.15, 0.2) is 0 Å². The summed E-state index contributed by atoms with van der Waals surface area (Å²) in [4.78, 5) is 16.3. The molecule has 0 spiro atoms. The number of hydrogen-bond donors (Lipinski definition) is 3. The molecule has 6 nitrogen and oxygen atoms in total. The summed E-state index contributed by atoms with van der Waals surface area (Å²) in [5.74, 6) is 0.519. The van der Waals surface area contributed by atoms with Crippen LogP contribution in [0.1, 0.15) is 48.1 Å². The number of carbonyl (C=O) groups excluding carboxylic acids is 1. The molecule has 0 radical (unpaired) electrons. The second-order valence-electron chi connectivity index (χ2n) is 5.02. The number of hydrogen-bond acceptors (Lipinski definition) is 4. The van der Waals surface area contributed by atoms with Crippen molar-refractivity contribution in [3.63, 3.8) is 0 Å². The van der Waals surface area contributed by atoms with E-state index < -0.39 is 0 Å².